The third-order valence-corrected chi connectivity index (χ3v) is 2.15. The van der Waals surface area contributed by atoms with Gasteiger partial charge in [-0.3, -0.25) is 0 Å². The molecule has 1 aromatic rings. The van der Waals surface area contributed by atoms with Crippen molar-refractivity contribution in [2.24, 2.45) is 0 Å². The number of rotatable bonds is 3. The van der Waals surface area contributed by atoms with E-state index in [1.807, 2.05) is 12.1 Å². The van der Waals surface area contributed by atoms with Crippen molar-refractivity contribution in [2.45, 2.75) is 19.8 Å². The Hall–Kier alpha value is -0.690. The lowest BCUT2D eigenvalue weighted by Crippen LogP contribution is -1.95. The molecule has 2 heteroatoms. The Kier molecular flexibility index (Phi) is 3.42. The maximum Gasteiger partial charge on any atom is 0.0346 e. The van der Waals surface area contributed by atoms with Gasteiger partial charge < -0.3 is 5.73 Å². The molecule has 0 heterocycles. The Bertz CT molecular complexity index is 258. The van der Waals surface area contributed by atoms with Crippen LogP contribution in [0.15, 0.2) is 18.2 Å². The number of benzene rings is 1. The van der Waals surface area contributed by atoms with E-state index in [1.165, 1.54) is 11.1 Å². The summed E-state index contributed by atoms with van der Waals surface area (Å²) in [6.45, 7) is 2.07. The standard InChI is InChI=1S/C10H14ClN/c1-8-4-5-10(12)9(7-8)3-2-6-11/h4-5,7H,2-3,6,12H2,1H3. The smallest absolute Gasteiger partial charge is 0.0346 e. The Labute approximate surface area is 78.5 Å². The third kappa shape index (κ3) is 2.42. The monoisotopic (exact) mass is 183 g/mol. The van der Waals surface area contributed by atoms with Crippen LogP contribution in [0, 0.1) is 6.92 Å². The zero-order chi connectivity index (χ0) is 8.97. The predicted octanol–water partition coefficient (Wildman–Crippen LogP) is 2.75. The van der Waals surface area contributed by atoms with E-state index in [1.54, 1.807) is 0 Å². The fourth-order valence-corrected chi connectivity index (χ4v) is 1.34. The van der Waals surface area contributed by atoms with Crippen molar-refractivity contribution < 1.29 is 0 Å². The lowest BCUT2D eigenvalue weighted by atomic mass is 10.1. The molecule has 0 atom stereocenters. The molecule has 0 spiro atoms. The number of aryl methyl sites for hydroxylation is 2. The normalized spacial score (nSPS) is 10.2. The summed E-state index contributed by atoms with van der Waals surface area (Å²) in [7, 11) is 0. The van der Waals surface area contributed by atoms with Gasteiger partial charge in [0.05, 0.1) is 0 Å². The maximum absolute atomic E-state index is 5.79. The van der Waals surface area contributed by atoms with E-state index < -0.39 is 0 Å². The summed E-state index contributed by atoms with van der Waals surface area (Å²) in [6, 6.07) is 6.11. The van der Waals surface area contributed by atoms with Crippen molar-refractivity contribution in [3.63, 3.8) is 0 Å². The van der Waals surface area contributed by atoms with Gasteiger partial charge in [-0.25, -0.2) is 0 Å². The van der Waals surface area contributed by atoms with Crippen molar-refractivity contribution in [3.8, 4) is 0 Å². The molecule has 1 aromatic carbocycles. The average Bonchev–Trinajstić information content (AvgIpc) is 2.07. The second-order valence-corrected chi connectivity index (χ2v) is 3.37. The first-order chi connectivity index (χ1) is 5.74. The molecule has 0 saturated carbocycles. The molecule has 0 radical (unpaired) electrons. The second-order valence-electron chi connectivity index (χ2n) is 2.99. The highest BCUT2D eigenvalue weighted by Gasteiger charge is 1.98. The van der Waals surface area contributed by atoms with Crippen molar-refractivity contribution in [2.75, 3.05) is 11.6 Å². The lowest BCUT2D eigenvalue weighted by Gasteiger charge is -2.04. The van der Waals surface area contributed by atoms with Gasteiger partial charge in [-0.1, -0.05) is 17.7 Å². The molecular formula is C10H14ClN. The van der Waals surface area contributed by atoms with E-state index in [0.29, 0.717) is 5.88 Å². The molecule has 0 fully saturated rings. The summed E-state index contributed by atoms with van der Waals surface area (Å²) < 4.78 is 0. The molecule has 66 valence electrons. The summed E-state index contributed by atoms with van der Waals surface area (Å²) in [5.41, 5.74) is 9.14. The summed E-state index contributed by atoms with van der Waals surface area (Å²) in [6.07, 6.45) is 1.98. The second kappa shape index (κ2) is 4.36. The summed E-state index contributed by atoms with van der Waals surface area (Å²) in [4.78, 5) is 0. The van der Waals surface area contributed by atoms with E-state index in [4.69, 9.17) is 17.3 Å². The quantitative estimate of drug-likeness (QED) is 0.566. The number of alkyl halides is 1. The van der Waals surface area contributed by atoms with E-state index in [-0.39, 0.29) is 0 Å². The van der Waals surface area contributed by atoms with Gasteiger partial charge in [-0.05, 0) is 31.4 Å². The molecule has 0 amide bonds. The van der Waals surface area contributed by atoms with Crippen LogP contribution in [0.1, 0.15) is 17.5 Å². The van der Waals surface area contributed by atoms with Crippen LogP contribution in [-0.4, -0.2) is 5.88 Å². The number of nitrogen functional groups attached to an aromatic ring is 1. The van der Waals surface area contributed by atoms with Gasteiger partial charge in [-0.2, -0.15) is 0 Å². The minimum Gasteiger partial charge on any atom is -0.399 e. The Balaban J connectivity index is 2.75. The number of hydrogen-bond donors (Lipinski definition) is 1. The highest BCUT2D eigenvalue weighted by Crippen LogP contribution is 2.15. The van der Waals surface area contributed by atoms with Crippen LogP contribution in [0.4, 0.5) is 5.69 Å². The van der Waals surface area contributed by atoms with E-state index in [9.17, 15) is 0 Å². The van der Waals surface area contributed by atoms with E-state index in [0.717, 1.165) is 18.5 Å². The molecule has 0 aliphatic heterocycles. The van der Waals surface area contributed by atoms with Crippen LogP contribution in [0.25, 0.3) is 0 Å². The molecule has 1 nitrogen and oxygen atoms in total. The largest absolute Gasteiger partial charge is 0.399 e. The first-order valence-corrected chi connectivity index (χ1v) is 4.68. The van der Waals surface area contributed by atoms with Gasteiger partial charge in [0.15, 0.2) is 0 Å². The lowest BCUT2D eigenvalue weighted by molar-refractivity contribution is 0.930. The molecule has 0 unspecified atom stereocenters. The van der Waals surface area contributed by atoms with Gasteiger partial charge in [0.2, 0.25) is 0 Å². The molecule has 0 aliphatic carbocycles. The molecule has 0 aliphatic rings. The molecule has 1 rings (SSSR count). The zero-order valence-corrected chi connectivity index (χ0v) is 8.06. The van der Waals surface area contributed by atoms with Crippen LogP contribution in [0.2, 0.25) is 0 Å². The maximum atomic E-state index is 5.79. The highest BCUT2D eigenvalue weighted by molar-refractivity contribution is 6.17. The Morgan fingerprint density at radius 2 is 2.17 bits per heavy atom. The number of halogens is 1. The first-order valence-electron chi connectivity index (χ1n) is 4.15. The molecule has 2 N–H and O–H groups in total. The SMILES string of the molecule is Cc1ccc(N)c(CCCCl)c1. The van der Waals surface area contributed by atoms with Crippen LogP contribution >= 0.6 is 11.6 Å². The van der Waals surface area contributed by atoms with Crippen LogP contribution in [0.3, 0.4) is 0 Å². The Morgan fingerprint density at radius 3 is 2.83 bits per heavy atom. The van der Waals surface area contributed by atoms with Gasteiger partial charge in [0.1, 0.15) is 0 Å². The van der Waals surface area contributed by atoms with E-state index in [2.05, 4.69) is 13.0 Å². The van der Waals surface area contributed by atoms with Crippen molar-refractivity contribution >= 4 is 17.3 Å². The minimum absolute atomic E-state index is 0.702. The third-order valence-electron chi connectivity index (χ3n) is 1.88. The summed E-state index contributed by atoms with van der Waals surface area (Å²) >= 11 is 5.60. The van der Waals surface area contributed by atoms with Gasteiger partial charge >= 0.3 is 0 Å². The van der Waals surface area contributed by atoms with Gasteiger partial charge in [-0.15, -0.1) is 11.6 Å². The van der Waals surface area contributed by atoms with Crippen molar-refractivity contribution in [1.29, 1.82) is 0 Å². The molecular weight excluding hydrogens is 170 g/mol. The number of hydrogen-bond acceptors (Lipinski definition) is 1. The van der Waals surface area contributed by atoms with Crippen LogP contribution in [0.5, 0.6) is 0 Å². The topological polar surface area (TPSA) is 26.0 Å². The molecule has 0 saturated heterocycles. The number of anilines is 1. The minimum atomic E-state index is 0.702. The van der Waals surface area contributed by atoms with Crippen LogP contribution in [-0.2, 0) is 6.42 Å². The molecule has 12 heavy (non-hydrogen) atoms. The Morgan fingerprint density at radius 1 is 1.42 bits per heavy atom. The van der Waals surface area contributed by atoms with E-state index >= 15 is 0 Å². The summed E-state index contributed by atoms with van der Waals surface area (Å²) in [5, 5.41) is 0. The zero-order valence-electron chi connectivity index (χ0n) is 7.31. The number of nitrogens with two attached hydrogens (primary N) is 1. The fourth-order valence-electron chi connectivity index (χ4n) is 1.21. The average molecular weight is 184 g/mol. The summed E-state index contributed by atoms with van der Waals surface area (Å²) in [5.74, 6) is 0.702. The molecule has 0 aromatic heterocycles. The fraction of sp³-hybridized carbons (Fsp3) is 0.400. The van der Waals surface area contributed by atoms with Crippen molar-refractivity contribution in [1.82, 2.24) is 0 Å². The first kappa shape index (κ1) is 9.40. The predicted molar refractivity (Wildman–Crippen MR) is 54.6 cm³/mol. The van der Waals surface area contributed by atoms with Gasteiger partial charge in [0.25, 0.3) is 0 Å². The molecule has 0 bridgehead atoms. The van der Waals surface area contributed by atoms with Gasteiger partial charge in [0, 0.05) is 11.6 Å². The van der Waals surface area contributed by atoms with Crippen molar-refractivity contribution in [3.05, 3.63) is 29.3 Å². The highest BCUT2D eigenvalue weighted by atomic mass is 35.5. The van der Waals surface area contributed by atoms with Crippen LogP contribution < -0.4 is 5.73 Å².